The Labute approximate surface area is 138 Å². The summed E-state index contributed by atoms with van der Waals surface area (Å²) in [5, 5.41) is 2.07. The van der Waals surface area contributed by atoms with E-state index in [-0.39, 0.29) is 12.1 Å². The number of nitrogens with zero attached hydrogens (tertiary/aromatic N) is 1. The lowest BCUT2D eigenvalue weighted by molar-refractivity contribution is 0.0345. The summed E-state index contributed by atoms with van der Waals surface area (Å²) in [5.74, 6) is 0. The zero-order valence-electron chi connectivity index (χ0n) is 12.2. The summed E-state index contributed by atoms with van der Waals surface area (Å²) in [5.41, 5.74) is 7.51. The molecule has 0 aromatic carbocycles. The lowest BCUT2D eigenvalue weighted by Gasteiger charge is -2.22. The zero-order valence-corrected chi connectivity index (χ0v) is 14.6. The molecule has 3 nitrogen and oxygen atoms in total. The Morgan fingerprint density at radius 3 is 2.76 bits per heavy atom. The predicted molar refractivity (Wildman–Crippen MR) is 91.5 cm³/mol. The normalized spacial score (nSPS) is 14.0. The van der Waals surface area contributed by atoms with Gasteiger partial charge in [0.1, 0.15) is 6.10 Å². The smallest absolute Gasteiger partial charge is 0.107 e. The van der Waals surface area contributed by atoms with E-state index in [4.69, 9.17) is 10.5 Å². The molecule has 2 unspecified atom stereocenters. The van der Waals surface area contributed by atoms with Gasteiger partial charge in [0.2, 0.25) is 0 Å². The van der Waals surface area contributed by atoms with Crippen molar-refractivity contribution in [3.8, 4) is 0 Å². The first-order chi connectivity index (χ1) is 10.2. The largest absolute Gasteiger partial charge is 0.371 e. The molecular formula is C16H21BrN2OS. The maximum Gasteiger partial charge on any atom is 0.107 e. The van der Waals surface area contributed by atoms with E-state index in [1.807, 2.05) is 24.5 Å². The van der Waals surface area contributed by atoms with Crippen molar-refractivity contribution in [1.29, 1.82) is 0 Å². The number of aromatic nitrogens is 1. The van der Waals surface area contributed by atoms with Crippen molar-refractivity contribution >= 4 is 27.3 Å². The maximum absolute atomic E-state index is 6.21. The number of aryl methyl sites for hydroxylation is 1. The fourth-order valence-corrected chi connectivity index (χ4v) is 3.71. The molecule has 0 bridgehead atoms. The quantitative estimate of drug-likeness (QED) is 0.705. The molecule has 2 aromatic rings. The predicted octanol–water partition coefficient (Wildman–Crippen LogP) is 4.33. The highest BCUT2D eigenvalue weighted by molar-refractivity contribution is 9.10. The van der Waals surface area contributed by atoms with Gasteiger partial charge in [-0.25, -0.2) is 0 Å². The Morgan fingerprint density at radius 2 is 2.14 bits per heavy atom. The van der Waals surface area contributed by atoms with Crippen LogP contribution in [0.2, 0.25) is 0 Å². The summed E-state index contributed by atoms with van der Waals surface area (Å²) in [7, 11) is 0. The number of rotatable bonds is 8. The summed E-state index contributed by atoms with van der Waals surface area (Å²) in [4.78, 5) is 5.22. The lowest BCUT2D eigenvalue weighted by Crippen LogP contribution is -2.29. The summed E-state index contributed by atoms with van der Waals surface area (Å²) in [6.07, 6.45) is 6.55. The first-order valence-corrected chi connectivity index (χ1v) is 8.88. The summed E-state index contributed by atoms with van der Waals surface area (Å²) < 4.78 is 7.16. The number of hydrogen-bond donors (Lipinski definition) is 1. The molecule has 2 rings (SSSR count). The number of nitrogens with two attached hydrogens (primary N) is 1. The van der Waals surface area contributed by atoms with E-state index < -0.39 is 0 Å². The van der Waals surface area contributed by atoms with Crippen LogP contribution in [0.3, 0.4) is 0 Å². The molecule has 0 spiro atoms. The van der Waals surface area contributed by atoms with E-state index >= 15 is 0 Å². The van der Waals surface area contributed by atoms with Crippen LogP contribution in [0.25, 0.3) is 0 Å². The third kappa shape index (κ3) is 5.18. The van der Waals surface area contributed by atoms with Crippen molar-refractivity contribution < 1.29 is 4.74 Å². The highest BCUT2D eigenvalue weighted by Gasteiger charge is 2.20. The van der Waals surface area contributed by atoms with Crippen molar-refractivity contribution in [2.45, 2.75) is 38.3 Å². The monoisotopic (exact) mass is 368 g/mol. The van der Waals surface area contributed by atoms with Crippen LogP contribution in [0, 0.1) is 0 Å². The zero-order chi connectivity index (χ0) is 15.1. The average Bonchev–Trinajstić information content (AvgIpc) is 2.94. The van der Waals surface area contributed by atoms with Crippen molar-refractivity contribution in [3.05, 3.63) is 50.9 Å². The van der Waals surface area contributed by atoms with Crippen LogP contribution in [-0.4, -0.2) is 17.6 Å². The van der Waals surface area contributed by atoms with Gasteiger partial charge in [0.05, 0.1) is 0 Å². The van der Waals surface area contributed by atoms with Crippen LogP contribution >= 0.6 is 27.3 Å². The molecule has 0 amide bonds. The summed E-state index contributed by atoms with van der Waals surface area (Å²) >= 11 is 5.19. The molecule has 0 aliphatic rings. The highest BCUT2D eigenvalue weighted by atomic mass is 79.9. The fraction of sp³-hybridized carbons (Fsp3) is 0.438. The van der Waals surface area contributed by atoms with Crippen LogP contribution in [0.1, 0.15) is 36.3 Å². The van der Waals surface area contributed by atoms with Gasteiger partial charge in [0.15, 0.2) is 0 Å². The van der Waals surface area contributed by atoms with Gasteiger partial charge >= 0.3 is 0 Å². The van der Waals surface area contributed by atoms with Crippen LogP contribution in [0.15, 0.2) is 40.4 Å². The van der Waals surface area contributed by atoms with Crippen LogP contribution < -0.4 is 5.73 Å². The number of thiophene rings is 1. The molecule has 0 aliphatic carbocycles. The fourth-order valence-electron chi connectivity index (χ4n) is 2.14. The van der Waals surface area contributed by atoms with E-state index in [0.717, 1.165) is 30.3 Å². The Balaban J connectivity index is 1.85. The molecule has 21 heavy (non-hydrogen) atoms. The molecule has 0 saturated carbocycles. The van der Waals surface area contributed by atoms with Crippen LogP contribution in [0.5, 0.6) is 0 Å². The van der Waals surface area contributed by atoms with E-state index in [1.165, 1.54) is 10.4 Å². The van der Waals surface area contributed by atoms with Gasteiger partial charge in [-0.15, -0.1) is 11.3 Å². The number of halogens is 1. The summed E-state index contributed by atoms with van der Waals surface area (Å²) in [6, 6.07) is 6.24. The van der Waals surface area contributed by atoms with E-state index in [2.05, 4.69) is 39.3 Å². The Morgan fingerprint density at radius 1 is 1.38 bits per heavy atom. The van der Waals surface area contributed by atoms with Gasteiger partial charge in [-0.2, -0.15) is 0 Å². The number of hydrogen-bond acceptors (Lipinski definition) is 4. The molecule has 2 atom stereocenters. The van der Waals surface area contributed by atoms with Gasteiger partial charge in [0, 0.05) is 39.8 Å². The summed E-state index contributed by atoms with van der Waals surface area (Å²) in [6.45, 7) is 2.82. The van der Waals surface area contributed by atoms with E-state index in [0.29, 0.717) is 0 Å². The molecule has 2 N–H and O–H groups in total. The Kier molecular flexibility index (Phi) is 6.83. The van der Waals surface area contributed by atoms with Gasteiger partial charge in [0.25, 0.3) is 0 Å². The molecule has 0 aliphatic heterocycles. The average molecular weight is 369 g/mol. The second kappa shape index (κ2) is 8.63. The minimum absolute atomic E-state index is 0.0104. The van der Waals surface area contributed by atoms with Gasteiger partial charge in [-0.05, 0) is 59.0 Å². The van der Waals surface area contributed by atoms with Crippen molar-refractivity contribution in [3.63, 3.8) is 0 Å². The SMILES string of the molecule is CCC(N)C(OCCCc1ccncc1)c1cc(Br)cs1. The topological polar surface area (TPSA) is 48.1 Å². The lowest BCUT2D eigenvalue weighted by atomic mass is 10.1. The van der Waals surface area contributed by atoms with Crippen molar-refractivity contribution in [2.24, 2.45) is 5.73 Å². The second-order valence-corrected chi connectivity index (χ2v) is 6.85. The van der Waals surface area contributed by atoms with Crippen LogP contribution in [0.4, 0.5) is 0 Å². The van der Waals surface area contributed by atoms with Gasteiger partial charge < -0.3 is 10.5 Å². The first kappa shape index (κ1) is 16.6. The van der Waals surface area contributed by atoms with Crippen molar-refractivity contribution in [2.75, 3.05) is 6.61 Å². The third-order valence-electron chi connectivity index (χ3n) is 3.38. The maximum atomic E-state index is 6.21. The minimum atomic E-state index is -0.0104. The van der Waals surface area contributed by atoms with Crippen LogP contribution in [-0.2, 0) is 11.2 Å². The first-order valence-electron chi connectivity index (χ1n) is 7.20. The van der Waals surface area contributed by atoms with E-state index in [9.17, 15) is 0 Å². The van der Waals surface area contributed by atoms with E-state index in [1.54, 1.807) is 11.3 Å². The molecule has 2 aromatic heterocycles. The minimum Gasteiger partial charge on any atom is -0.371 e. The molecule has 0 radical (unpaired) electrons. The third-order valence-corrected chi connectivity index (χ3v) is 5.14. The van der Waals surface area contributed by atoms with Gasteiger partial charge in [-0.1, -0.05) is 6.92 Å². The molecule has 2 heterocycles. The molecular weight excluding hydrogens is 348 g/mol. The molecule has 5 heteroatoms. The van der Waals surface area contributed by atoms with Crippen molar-refractivity contribution in [1.82, 2.24) is 4.98 Å². The molecule has 0 fully saturated rings. The number of pyridine rings is 1. The second-order valence-electron chi connectivity index (χ2n) is 4.99. The molecule has 114 valence electrons. The number of ether oxygens (including phenoxy) is 1. The Hall–Kier alpha value is -0.750. The van der Waals surface area contributed by atoms with Gasteiger partial charge in [-0.3, -0.25) is 4.98 Å². The Bertz CT molecular complexity index is 532. The molecule has 0 saturated heterocycles. The standard InChI is InChI=1S/C16H21BrN2OS/c1-2-14(18)16(15-10-13(17)11-21-15)20-9-3-4-12-5-7-19-8-6-12/h5-8,10-11,14,16H,2-4,9,18H2,1H3. The highest BCUT2D eigenvalue weighted by Crippen LogP contribution is 2.30.